The van der Waals surface area contributed by atoms with Crippen LogP contribution >= 0.6 is 11.9 Å². The number of aryl methyl sites for hydroxylation is 1. The van der Waals surface area contributed by atoms with Crippen LogP contribution in [0.5, 0.6) is 0 Å². The van der Waals surface area contributed by atoms with E-state index < -0.39 is 0 Å². The molecule has 2 aromatic rings. The van der Waals surface area contributed by atoms with Gasteiger partial charge < -0.3 is 16.4 Å². The number of aromatic nitrogens is 2. The summed E-state index contributed by atoms with van der Waals surface area (Å²) in [5, 5.41) is 15.1. The normalized spacial score (nSPS) is 16.6. The summed E-state index contributed by atoms with van der Waals surface area (Å²) in [6.45, 7) is 4.00. The molecule has 8 heteroatoms. The minimum Gasteiger partial charge on any atom is -0.388 e. The smallest absolute Gasteiger partial charge is 0.141 e. The number of nitrogens with two attached hydrogens (primary N) is 1. The van der Waals surface area contributed by atoms with Gasteiger partial charge in [0, 0.05) is 37.4 Å². The van der Waals surface area contributed by atoms with Crippen LogP contribution in [0.1, 0.15) is 29.5 Å². The average molecular weight is 410 g/mol. The van der Waals surface area contributed by atoms with Crippen molar-refractivity contribution < 1.29 is 0 Å². The molecule has 7 nitrogen and oxygen atoms in total. The fraction of sp³-hybridized carbons (Fsp3) is 0.381. The van der Waals surface area contributed by atoms with Crippen molar-refractivity contribution >= 4 is 35.0 Å². The Morgan fingerprint density at radius 3 is 2.97 bits per heavy atom. The second-order valence-corrected chi connectivity index (χ2v) is 7.82. The number of benzene rings is 1. The average Bonchev–Trinajstić information content (AvgIpc) is 2.73. The molecule has 0 spiro atoms. The van der Waals surface area contributed by atoms with Gasteiger partial charge in [-0.1, -0.05) is 23.9 Å². The summed E-state index contributed by atoms with van der Waals surface area (Å²) >= 11 is 1.75. The van der Waals surface area contributed by atoms with Crippen LogP contribution in [0.2, 0.25) is 0 Å². The summed E-state index contributed by atoms with van der Waals surface area (Å²) in [5.74, 6) is 6.87. The van der Waals surface area contributed by atoms with Crippen molar-refractivity contribution in [3.05, 3.63) is 41.2 Å². The highest BCUT2D eigenvalue weighted by molar-refractivity contribution is 7.96. The quantitative estimate of drug-likeness (QED) is 0.342. The molecule has 1 aromatic carbocycles. The lowest BCUT2D eigenvalue weighted by Crippen LogP contribution is -2.39. The lowest BCUT2D eigenvalue weighted by Gasteiger charge is -2.31. The van der Waals surface area contributed by atoms with E-state index >= 15 is 0 Å². The number of nitrogen functional groups attached to an aromatic ring is 1. The maximum absolute atomic E-state index is 8.52. The fourth-order valence-corrected chi connectivity index (χ4v) is 3.92. The Kier molecular flexibility index (Phi) is 6.96. The van der Waals surface area contributed by atoms with Crippen molar-refractivity contribution in [1.82, 2.24) is 14.3 Å². The van der Waals surface area contributed by atoms with Gasteiger partial charge >= 0.3 is 0 Å². The van der Waals surface area contributed by atoms with Crippen LogP contribution in [0, 0.1) is 24.2 Å². The van der Waals surface area contributed by atoms with Crippen molar-refractivity contribution in [3.63, 3.8) is 0 Å². The first-order valence-corrected chi connectivity index (χ1v) is 10.8. The number of hydrogen-bond donors (Lipinski definition) is 4. The lowest BCUT2D eigenvalue weighted by atomic mass is 10.1. The Balaban J connectivity index is 1.85. The van der Waals surface area contributed by atoms with Crippen LogP contribution in [0.15, 0.2) is 24.5 Å². The number of rotatable bonds is 5. The highest BCUT2D eigenvalue weighted by Crippen LogP contribution is 2.23. The van der Waals surface area contributed by atoms with Gasteiger partial charge in [0.05, 0.1) is 5.56 Å². The van der Waals surface area contributed by atoms with E-state index in [9.17, 15) is 0 Å². The lowest BCUT2D eigenvalue weighted by molar-refractivity contribution is 0.356. The largest absolute Gasteiger partial charge is 0.388 e. The Hall–Kier alpha value is -2.76. The number of nitrogens with zero attached hydrogens (tertiary/aromatic N) is 3. The second-order valence-electron chi connectivity index (χ2n) is 6.94. The van der Waals surface area contributed by atoms with Gasteiger partial charge in [-0.15, -0.1) is 0 Å². The van der Waals surface area contributed by atoms with Gasteiger partial charge in [-0.25, -0.2) is 14.3 Å². The Morgan fingerprint density at radius 1 is 1.38 bits per heavy atom. The first kappa shape index (κ1) is 21.0. The van der Waals surface area contributed by atoms with E-state index in [0.717, 1.165) is 42.7 Å². The molecule has 0 bridgehead atoms. The predicted octanol–water partition coefficient (Wildman–Crippen LogP) is 2.98. The van der Waals surface area contributed by atoms with Crippen molar-refractivity contribution in [3.8, 4) is 11.8 Å². The van der Waals surface area contributed by atoms with Crippen LogP contribution in [-0.4, -0.2) is 52.4 Å². The maximum Gasteiger partial charge on any atom is 0.141 e. The third-order valence-electron chi connectivity index (χ3n) is 4.96. The molecule has 1 fully saturated rings. The number of piperidine rings is 1. The van der Waals surface area contributed by atoms with Crippen molar-refractivity contribution in [1.29, 1.82) is 5.41 Å². The molecule has 3 rings (SSSR count). The molecule has 5 N–H and O–H groups in total. The van der Waals surface area contributed by atoms with E-state index in [4.69, 9.17) is 11.1 Å². The molecule has 29 heavy (non-hydrogen) atoms. The zero-order valence-electron chi connectivity index (χ0n) is 17.0. The van der Waals surface area contributed by atoms with E-state index in [-0.39, 0.29) is 17.6 Å². The summed E-state index contributed by atoms with van der Waals surface area (Å²) in [4.78, 5) is 8.44. The first-order chi connectivity index (χ1) is 14.0. The minimum absolute atomic E-state index is 0.109. The molecule has 1 atom stereocenters. The van der Waals surface area contributed by atoms with E-state index in [2.05, 4.69) is 43.0 Å². The first-order valence-electron chi connectivity index (χ1n) is 9.57. The zero-order chi connectivity index (χ0) is 20.8. The summed E-state index contributed by atoms with van der Waals surface area (Å²) in [7, 11) is 1.87. The Bertz CT molecular complexity index is 948. The molecule has 1 aliphatic rings. The van der Waals surface area contributed by atoms with Gasteiger partial charge in [0.15, 0.2) is 0 Å². The Morgan fingerprint density at radius 2 is 2.21 bits per heavy atom. The molecule has 1 saturated heterocycles. The van der Waals surface area contributed by atoms with Gasteiger partial charge in [0.25, 0.3) is 0 Å². The van der Waals surface area contributed by atoms with Crippen molar-refractivity contribution in [2.45, 2.75) is 25.8 Å². The summed E-state index contributed by atoms with van der Waals surface area (Å²) in [6.07, 6.45) is 5.69. The molecule has 0 saturated carbocycles. The highest BCUT2D eigenvalue weighted by Gasteiger charge is 2.22. The monoisotopic (exact) mass is 409 g/mol. The van der Waals surface area contributed by atoms with E-state index in [0.29, 0.717) is 11.4 Å². The van der Waals surface area contributed by atoms with E-state index in [1.165, 1.54) is 6.33 Å². The van der Waals surface area contributed by atoms with Crippen LogP contribution < -0.4 is 16.4 Å². The van der Waals surface area contributed by atoms with Gasteiger partial charge in [-0.3, -0.25) is 5.41 Å². The van der Waals surface area contributed by atoms with Gasteiger partial charge in [-0.05, 0) is 49.6 Å². The third kappa shape index (κ3) is 5.19. The Labute approximate surface area is 176 Å². The standard InChI is InChI=1S/C21H27N7S/c1-14-6-8-16(24-2)11-15(14)7-9-18(22)19-20(23)25-13-26-21(19)27-17-5-4-10-28(12-17)29-3/h6,8,11,13,17,22,24H,4-5,10,12H2,1-3H3,(H3,23,25,26,27). The van der Waals surface area contributed by atoms with Crippen molar-refractivity contribution in [2.75, 3.05) is 42.8 Å². The molecular weight excluding hydrogens is 382 g/mol. The van der Waals surface area contributed by atoms with Crippen LogP contribution in [0.4, 0.5) is 17.3 Å². The molecule has 0 radical (unpaired) electrons. The maximum atomic E-state index is 8.52. The molecule has 1 aliphatic heterocycles. The molecule has 152 valence electrons. The second kappa shape index (κ2) is 9.63. The summed E-state index contributed by atoms with van der Waals surface area (Å²) in [5.41, 5.74) is 9.58. The SMILES string of the molecule is CNc1ccc(C)c(C#CC(=N)c2c(N)ncnc2NC2CCCN(SC)C2)c1. The minimum atomic E-state index is 0.109. The van der Waals surface area contributed by atoms with E-state index in [1.54, 1.807) is 11.9 Å². The van der Waals surface area contributed by atoms with E-state index in [1.807, 2.05) is 32.2 Å². The molecule has 1 unspecified atom stereocenters. The third-order valence-corrected chi connectivity index (χ3v) is 5.81. The summed E-state index contributed by atoms with van der Waals surface area (Å²) in [6, 6.07) is 6.23. The number of hydrogen-bond acceptors (Lipinski definition) is 8. The topological polar surface area (TPSA) is 103 Å². The highest BCUT2D eigenvalue weighted by atomic mass is 32.2. The van der Waals surface area contributed by atoms with Crippen LogP contribution in [-0.2, 0) is 0 Å². The molecule has 1 aromatic heterocycles. The van der Waals surface area contributed by atoms with Crippen LogP contribution in [0.25, 0.3) is 0 Å². The van der Waals surface area contributed by atoms with Gasteiger partial charge in [-0.2, -0.15) is 0 Å². The molecule has 0 aliphatic carbocycles. The molecule has 0 amide bonds. The van der Waals surface area contributed by atoms with Crippen molar-refractivity contribution in [2.24, 2.45) is 0 Å². The number of nitrogens with one attached hydrogen (secondary N) is 3. The number of anilines is 3. The predicted molar refractivity (Wildman–Crippen MR) is 123 cm³/mol. The fourth-order valence-electron chi connectivity index (χ4n) is 3.28. The zero-order valence-corrected chi connectivity index (χ0v) is 17.9. The summed E-state index contributed by atoms with van der Waals surface area (Å²) < 4.78 is 2.33. The van der Waals surface area contributed by atoms with Crippen LogP contribution in [0.3, 0.4) is 0 Å². The van der Waals surface area contributed by atoms with Gasteiger partial charge in [0.2, 0.25) is 0 Å². The molecular formula is C21H27N7S. The molecule has 2 heterocycles. The van der Waals surface area contributed by atoms with Gasteiger partial charge in [0.1, 0.15) is 23.7 Å².